The summed E-state index contributed by atoms with van der Waals surface area (Å²) in [6.45, 7) is 3.22. The molecule has 0 saturated carbocycles. The SMILES string of the molecule is CCNC(=O)OCCn1c(=O)n(C/C=C/CCl)c2ccccc21. The number of alkyl halides is 1. The maximum Gasteiger partial charge on any atom is 0.407 e. The molecule has 0 unspecified atom stereocenters. The molecule has 0 radical (unpaired) electrons. The van der Waals surface area contributed by atoms with Crippen molar-refractivity contribution >= 4 is 28.7 Å². The molecule has 0 saturated heterocycles. The molecule has 1 N–H and O–H groups in total. The van der Waals surface area contributed by atoms with Gasteiger partial charge in [-0.3, -0.25) is 9.13 Å². The molecule has 0 atom stereocenters. The van der Waals surface area contributed by atoms with Crippen LogP contribution in [-0.4, -0.2) is 34.3 Å². The van der Waals surface area contributed by atoms with E-state index in [2.05, 4.69) is 5.32 Å². The Balaban J connectivity index is 2.22. The minimum absolute atomic E-state index is 0.134. The summed E-state index contributed by atoms with van der Waals surface area (Å²) >= 11 is 5.62. The smallest absolute Gasteiger partial charge is 0.407 e. The third-order valence-corrected chi connectivity index (χ3v) is 3.52. The second kappa shape index (κ2) is 8.43. The second-order valence-corrected chi connectivity index (χ2v) is 5.13. The molecule has 2 rings (SSSR count). The quantitative estimate of drug-likeness (QED) is 0.623. The summed E-state index contributed by atoms with van der Waals surface area (Å²) in [5.41, 5.74) is 1.52. The Morgan fingerprint density at radius 1 is 1.26 bits per heavy atom. The molecule has 0 fully saturated rings. The lowest BCUT2D eigenvalue weighted by Gasteiger charge is -2.06. The van der Waals surface area contributed by atoms with Crippen molar-refractivity contribution < 1.29 is 9.53 Å². The number of nitrogens with one attached hydrogen (secondary N) is 1. The number of benzene rings is 1. The van der Waals surface area contributed by atoms with Crippen LogP contribution in [0.3, 0.4) is 0 Å². The van der Waals surface area contributed by atoms with Gasteiger partial charge in [-0.15, -0.1) is 11.6 Å². The van der Waals surface area contributed by atoms with Crippen molar-refractivity contribution in [3.05, 3.63) is 46.9 Å². The first-order valence-electron chi connectivity index (χ1n) is 7.48. The Bertz CT molecular complexity index is 749. The van der Waals surface area contributed by atoms with E-state index in [0.717, 1.165) is 11.0 Å². The zero-order valence-electron chi connectivity index (χ0n) is 13.0. The van der Waals surface area contributed by atoms with Crippen molar-refractivity contribution in [1.82, 2.24) is 14.5 Å². The van der Waals surface area contributed by atoms with Crippen LogP contribution in [0.25, 0.3) is 11.0 Å². The molecular weight excluding hydrogens is 318 g/mol. The molecule has 6 nitrogen and oxygen atoms in total. The predicted molar refractivity (Wildman–Crippen MR) is 91.1 cm³/mol. The average molecular weight is 338 g/mol. The minimum Gasteiger partial charge on any atom is -0.448 e. The van der Waals surface area contributed by atoms with E-state index in [1.165, 1.54) is 0 Å². The van der Waals surface area contributed by atoms with Gasteiger partial charge in [0.15, 0.2) is 0 Å². The van der Waals surface area contributed by atoms with Gasteiger partial charge in [0.2, 0.25) is 0 Å². The van der Waals surface area contributed by atoms with Gasteiger partial charge in [0.05, 0.1) is 17.6 Å². The van der Waals surface area contributed by atoms with Gasteiger partial charge in [-0.25, -0.2) is 9.59 Å². The minimum atomic E-state index is -0.477. The number of fused-ring (bicyclic) bond motifs is 1. The predicted octanol–water partition coefficient (Wildman–Crippen LogP) is 2.34. The maximum atomic E-state index is 12.6. The average Bonchev–Trinajstić information content (AvgIpc) is 2.81. The van der Waals surface area contributed by atoms with Gasteiger partial charge in [-0.1, -0.05) is 24.3 Å². The van der Waals surface area contributed by atoms with Crippen LogP contribution in [-0.2, 0) is 17.8 Å². The van der Waals surface area contributed by atoms with Crippen LogP contribution in [0.2, 0.25) is 0 Å². The number of nitrogens with zero attached hydrogens (tertiary/aromatic N) is 2. The van der Waals surface area contributed by atoms with Crippen LogP contribution in [0, 0.1) is 0 Å². The summed E-state index contributed by atoms with van der Waals surface area (Å²) in [4.78, 5) is 23.9. The number of allylic oxidation sites excluding steroid dienone is 2. The second-order valence-electron chi connectivity index (χ2n) is 4.83. The Labute approximate surface area is 139 Å². The van der Waals surface area contributed by atoms with Gasteiger partial charge in [0.1, 0.15) is 6.61 Å². The fraction of sp³-hybridized carbons (Fsp3) is 0.375. The highest BCUT2D eigenvalue weighted by atomic mass is 35.5. The van der Waals surface area contributed by atoms with E-state index in [9.17, 15) is 9.59 Å². The van der Waals surface area contributed by atoms with Gasteiger partial charge in [-0.2, -0.15) is 0 Å². The molecule has 0 aliphatic rings. The molecule has 0 spiro atoms. The highest BCUT2D eigenvalue weighted by Crippen LogP contribution is 2.12. The topological polar surface area (TPSA) is 65.3 Å². The number of hydrogen-bond acceptors (Lipinski definition) is 3. The van der Waals surface area contributed by atoms with Gasteiger partial charge in [-0.05, 0) is 19.1 Å². The Morgan fingerprint density at radius 2 is 1.96 bits per heavy atom. The fourth-order valence-corrected chi connectivity index (χ4v) is 2.46. The molecule has 1 aromatic carbocycles. The maximum absolute atomic E-state index is 12.6. The van der Waals surface area contributed by atoms with Gasteiger partial charge >= 0.3 is 11.8 Å². The number of para-hydroxylation sites is 2. The lowest BCUT2D eigenvalue weighted by Crippen LogP contribution is -2.28. The largest absolute Gasteiger partial charge is 0.448 e. The third-order valence-electron chi connectivity index (χ3n) is 3.34. The zero-order chi connectivity index (χ0) is 16.7. The Morgan fingerprint density at radius 3 is 2.61 bits per heavy atom. The van der Waals surface area contributed by atoms with Crippen molar-refractivity contribution in [2.24, 2.45) is 0 Å². The van der Waals surface area contributed by atoms with Crippen LogP contribution in [0.5, 0.6) is 0 Å². The molecule has 0 aliphatic carbocycles. The van der Waals surface area contributed by atoms with Crippen LogP contribution >= 0.6 is 11.6 Å². The number of halogens is 1. The highest BCUT2D eigenvalue weighted by Gasteiger charge is 2.12. The molecule has 7 heteroatoms. The van der Waals surface area contributed by atoms with Gasteiger partial charge in [0.25, 0.3) is 0 Å². The van der Waals surface area contributed by atoms with E-state index in [0.29, 0.717) is 25.5 Å². The molecule has 23 heavy (non-hydrogen) atoms. The van der Waals surface area contributed by atoms with Crippen LogP contribution < -0.4 is 11.0 Å². The van der Waals surface area contributed by atoms with Gasteiger partial charge in [0, 0.05) is 19.0 Å². The van der Waals surface area contributed by atoms with Crippen molar-refractivity contribution in [3.63, 3.8) is 0 Å². The molecule has 1 aromatic heterocycles. The number of amides is 1. The number of aromatic nitrogens is 2. The van der Waals surface area contributed by atoms with Crippen molar-refractivity contribution in [3.8, 4) is 0 Å². The van der Waals surface area contributed by atoms with E-state index in [-0.39, 0.29) is 12.3 Å². The summed E-state index contributed by atoms with van der Waals surface area (Å²) in [6, 6.07) is 7.54. The molecule has 2 aromatic rings. The first-order chi connectivity index (χ1) is 11.2. The molecule has 0 bridgehead atoms. The standard InChI is InChI=1S/C16H20ClN3O3/c1-2-18-15(21)23-12-11-20-14-8-4-3-7-13(14)19(16(20)22)10-6-5-9-17/h3-8H,2,9-12H2,1H3,(H,18,21)/b6-5+. The number of imidazole rings is 1. The summed E-state index contributed by atoms with van der Waals surface area (Å²) in [6.07, 6.45) is 3.18. The normalized spacial score (nSPS) is 11.2. The lowest BCUT2D eigenvalue weighted by molar-refractivity contribution is 0.142. The summed E-state index contributed by atoms with van der Waals surface area (Å²) in [5.74, 6) is 0.410. The van der Waals surface area contributed by atoms with Crippen molar-refractivity contribution in [2.75, 3.05) is 19.0 Å². The highest BCUT2D eigenvalue weighted by molar-refractivity contribution is 6.18. The third kappa shape index (κ3) is 4.16. The van der Waals surface area contributed by atoms with Crippen molar-refractivity contribution in [2.45, 2.75) is 20.0 Å². The summed E-state index contributed by atoms with van der Waals surface area (Å²) in [7, 11) is 0. The Kier molecular flexibility index (Phi) is 6.29. The van der Waals surface area contributed by atoms with Crippen LogP contribution in [0.1, 0.15) is 6.92 Å². The monoisotopic (exact) mass is 337 g/mol. The number of rotatable bonds is 7. The van der Waals surface area contributed by atoms with E-state index in [1.807, 2.05) is 37.3 Å². The van der Waals surface area contributed by atoms with E-state index in [4.69, 9.17) is 16.3 Å². The number of alkyl carbamates (subject to hydrolysis) is 1. The zero-order valence-corrected chi connectivity index (χ0v) is 13.8. The summed E-state index contributed by atoms with van der Waals surface area (Å²) < 4.78 is 8.33. The molecule has 1 amide bonds. The van der Waals surface area contributed by atoms with Crippen LogP contribution in [0.15, 0.2) is 41.2 Å². The molecule has 0 aliphatic heterocycles. The number of ether oxygens (including phenoxy) is 1. The lowest BCUT2D eigenvalue weighted by atomic mass is 10.3. The molecule has 1 heterocycles. The first-order valence-corrected chi connectivity index (χ1v) is 8.02. The molecule has 124 valence electrons. The van der Waals surface area contributed by atoms with Crippen molar-refractivity contribution in [1.29, 1.82) is 0 Å². The number of carbonyl (C=O) groups excluding carboxylic acids is 1. The number of carbonyl (C=O) groups is 1. The number of hydrogen-bond donors (Lipinski definition) is 1. The fourth-order valence-electron chi connectivity index (χ4n) is 2.33. The van der Waals surface area contributed by atoms with E-state index in [1.54, 1.807) is 15.2 Å². The molecular formula is C16H20ClN3O3. The summed E-state index contributed by atoms with van der Waals surface area (Å²) in [5, 5.41) is 2.55. The van der Waals surface area contributed by atoms with Crippen LogP contribution in [0.4, 0.5) is 4.79 Å². The first kappa shape index (κ1) is 17.1. The Hall–Kier alpha value is -2.21. The van der Waals surface area contributed by atoms with E-state index < -0.39 is 6.09 Å². The van der Waals surface area contributed by atoms with E-state index >= 15 is 0 Å². The van der Waals surface area contributed by atoms with Gasteiger partial charge < -0.3 is 10.1 Å².